The lowest BCUT2D eigenvalue weighted by atomic mass is 9.98. The van der Waals surface area contributed by atoms with Crippen LogP contribution >= 0.6 is 31.9 Å². The maximum absolute atomic E-state index is 10.0. The average Bonchev–Trinajstić information content (AvgIpc) is 2.43. The first kappa shape index (κ1) is 15.4. The number of aromatic hydroxyl groups is 2. The zero-order valence-corrected chi connectivity index (χ0v) is 14.8. The summed E-state index contributed by atoms with van der Waals surface area (Å²) in [6.45, 7) is 5.67. The van der Waals surface area contributed by atoms with Crippen molar-refractivity contribution >= 4 is 31.9 Å². The highest BCUT2D eigenvalue weighted by molar-refractivity contribution is 9.11. The molecule has 0 aliphatic carbocycles. The molecular weight excluding hydrogens is 384 g/mol. The van der Waals surface area contributed by atoms with Gasteiger partial charge in [0.25, 0.3) is 0 Å². The second kappa shape index (κ2) is 5.78. The quantitative estimate of drug-likeness (QED) is 0.733. The highest BCUT2D eigenvalue weighted by atomic mass is 79.9. The maximum Gasteiger partial charge on any atom is 0.123 e. The van der Waals surface area contributed by atoms with Crippen LogP contribution in [-0.2, 0) is 6.42 Å². The first-order valence-corrected chi connectivity index (χ1v) is 7.86. The molecule has 2 aromatic carbocycles. The summed E-state index contributed by atoms with van der Waals surface area (Å²) >= 11 is 7.13. The van der Waals surface area contributed by atoms with E-state index in [4.69, 9.17) is 0 Å². The van der Waals surface area contributed by atoms with Crippen molar-refractivity contribution in [3.05, 3.63) is 55.0 Å². The summed E-state index contributed by atoms with van der Waals surface area (Å²) in [5.41, 5.74) is 4.77. The number of aryl methyl sites for hydroxylation is 1. The molecule has 2 aromatic rings. The van der Waals surface area contributed by atoms with Gasteiger partial charge >= 0.3 is 0 Å². The third-order valence-corrected chi connectivity index (χ3v) is 5.69. The van der Waals surface area contributed by atoms with E-state index in [1.807, 2.05) is 32.9 Å². The van der Waals surface area contributed by atoms with Gasteiger partial charge in [-0.05, 0) is 49.9 Å². The third-order valence-electron chi connectivity index (χ3n) is 3.54. The monoisotopic (exact) mass is 398 g/mol. The highest BCUT2D eigenvalue weighted by Crippen LogP contribution is 2.39. The minimum Gasteiger partial charge on any atom is -0.508 e. The van der Waals surface area contributed by atoms with E-state index >= 15 is 0 Å². The molecule has 0 aliphatic rings. The van der Waals surface area contributed by atoms with Crippen LogP contribution in [0.15, 0.2) is 27.1 Å². The molecule has 2 nitrogen and oxygen atoms in total. The molecule has 0 aliphatic heterocycles. The van der Waals surface area contributed by atoms with Crippen LogP contribution < -0.4 is 0 Å². The van der Waals surface area contributed by atoms with E-state index in [-0.39, 0.29) is 0 Å². The first-order chi connectivity index (χ1) is 9.32. The lowest BCUT2D eigenvalue weighted by Crippen LogP contribution is -1.97. The summed E-state index contributed by atoms with van der Waals surface area (Å²) in [5.74, 6) is 0.624. The van der Waals surface area contributed by atoms with Gasteiger partial charge in [-0.2, -0.15) is 0 Å². The Kier molecular flexibility index (Phi) is 4.45. The van der Waals surface area contributed by atoms with E-state index in [0.29, 0.717) is 11.5 Å². The van der Waals surface area contributed by atoms with E-state index in [1.165, 1.54) is 0 Å². The van der Waals surface area contributed by atoms with Crippen LogP contribution in [0.2, 0.25) is 0 Å². The normalized spacial score (nSPS) is 10.8. The second-order valence-corrected chi connectivity index (χ2v) is 6.59. The minimum atomic E-state index is 0.310. The summed E-state index contributed by atoms with van der Waals surface area (Å²) < 4.78 is 1.83. The molecule has 0 fully saturated rings. The standard InChI is InChI=1S/C16H16Br2O2/c1-8-6-11(4-5-13(8)19)7-12-14(17)9(2)16(20)10(3)15(12)18/h4-6,19-20H,7H2,1-3H3. The van der Waals surface area contributed by atoms with Gasteiger partial charge in [-0.3, -0.25) is 0 Å². The predicted molar refractivity (Wildman–Crippen MR) is 88.6 cm³/mol. The molecule has 0 saturated carbocycles. The van der Waals surface area contributed by atoms with Crippen molar-refractivity contribution in [3.8, 4) is 11.5 Å². The molecular formula is C16H16Br2O2. The Morgan fingerprint density at radius 3 is 2.00 bits per heavy atom. The lowest BCUT2D eigenvalue weighted by molar-refractivity contribution is 0.465. The van der Waals surface area contributed by atoms with E-state index in [1.54, 1.807) is 6.07 Å². The summed E-state index contributed by atoms with van der Waals surface area (Å²) in [6.07, 6.45) is 0.726. The molecule has 2 rings (SSSR count). The van der Waals surface area contributed by atoms with Gasteiger partial charge in [0.05, 0.1) is 0 Å². The number of phenolic OH excluding ortho intramolecular Hbond substituents is 2. The summed E-state index contributed by atoms with van der Waals surface area (Å²) in [4.78, 5) is 0. The van der Waals surface area contributed by atoms with Gasteiger partial charge in [0.15, 0.2) is 0 Å². The summed E-state index contributed by atoms with van der Waals surface area (Å²) in [7, 11) is 0. The number of benzene rings is 2. The second-order valence-electron chi connectivity index (χ2n) is 5.00. The van der Waals surface area contributed by atoms with Crippen LogP contribution in [0.25, 0.3) is 0 Å². The SMILES string of the molecule is Cc1cc(Cc2c(Br)c(C)c(O)c(C)c2Br)ccc1O. The first-order valence-electron chi connectivity index (χ1n) is 6.27. The van der Waals surface area contributed by atoms with Crippen molar-refractivity contribution in [2.24, 2.45) is 0 Å². The molecule has 106 valence electrons. The van der Waals surface area contributed by atoms with Gasteiger partial charge in [0.1, 0.15) is 11.5 Å². The third kappa shape index (κ3) is 2.72. The molecule has 0 atom stereocenters. The molecule has 2 N–H and O–H groups in total. The number of phenols is 2. The molecule has 0 bridgehead atoms. The molecule has 0 spiro atoms. The number of rotatable bonds is 2. The Morgan fingerprint density at radius 1 is 0.950 bits per heavy atom. The Labute approximate surface area is 135 Å². The largest absolute Gasteiger partial charge is 0.508 e. The molecule has 0 heterocycles. The van der Waals surface area contributed by atoms with Gasteiger partial charge < -0.3 is 10.2 Å². The summed E-state index contributed by atoms with van der Waals surface area (Å²) in [5, 5.41) is 19.6. The van der Waals surface area contributed by atoms with Crippen LogP contribution in [0.4, 0.5) is 0 Å². The predicted octanol–water partition coefficient (Wildman–Crippen LogP) is 5.14. The fourth-order valence-electron chi connectivity index (χ4n) is 2.23. The van der Waals surface area contributed by atoms with Gasteiger partial charge in [-0.25, -0.2) is 0 Å². The zero-order chi connectivity index (χ0) is 15.0. The van der Waals surface area contributed by atoms with Crippen LogP contribution in [0, 0.1) is 20.8 Å². The van der Waals surface area contributed by atoms with Gasteiger partial charge in [-0.1, -0.05) is 44.0 Å². The van der Waals surface area contributed by atoms with Crippen LogP contribution in [0.5, 0.6) is 11.5 Å². The molecule has 0 amide bonds. The topological polar surface area (TPSA) is 40.5 Å². The zero-order valence-electron chi connectivity index (χ0n) is 11.6. The fourth-order valence-corrected chi connectivity index (χ4v) is 3.54. The van der Waals surface area contributed by atoms with Crippen molar-refractivity contribution in [1.29, 1.82) is 0 Å². The molecule has 20 heavy (non-hydrogen) atoms. The van der Waals surface area contributed by atoms with E-state index in [0.717, 1.165) is 43.2 Å². The number of halogens is 2. The van der Waals surface area contributed by atoms with Gasteiger partial charge in [0, 0.05) is 20.1 Å². The summed E-state index contributed by atoms with van der Waals surface area (Å²) in [6, 6.07) is 5.61. The van der Waals surface area contributed by atoms with E-state index < -0.39 is 0 Å². The number of hydrogen-bond donors (Lipinski definition) is 2. The Balaban J connectivity index is 2.51. The average molecular weight is 400 g/mol. The fraction of sp³-hybridized carbons (Fsp3) is 0.250. The van der Waals surface area contributed by atoms with Gasteiger partial charge in [0.2, 0.25) is 0 Å². The van der Waals surface area contributed by atoms with Crippen molar-refractivity contribution in [2.45, 2.75) is 27.2 Å². The molecule has 4 heteroatoms. The smallest absolute Gasteiger partial charge is 0.123 e. The van der Waals surface area contributed by atoms with Gasteiger partial charge in [-0.15, -0.1) is 0 Å². The Morgan fingerprint density at radius 2 is 1.50 bits per heavy atom. The van der Waals surface area contributed by atoms with E-state index in [9.17, 15) is 10.2 Å². The molecule has 0 unspecified atom stereocenters. The maximum atomic E-state index is 10.0. The Hall–Kier alpha value is -1.00. The van der Waals surface area contributed by atoms with Crippen molar-refractivity contribution in [2.75, 3.05) is 0 Å². The number of hydrogen-bond acceptors (Lipinski definition) is 2. The van der Waals surface area contributed by atoms with Crippen LogP contribution in [0.1, 0.15) is 27.8 Å². The van der Waals surface area contributed by atoms with Crippen LogP contribution in [-0.4, -0.2) is 10.2 Å². The van der Waals surface area contributed by atoms with Crippen molar-refractivity contribution in [1.82, 2.24) is 0 Å². The minimum absolute atomic E-state index is 0.310. The van der Waals surface area contributed by atoms with Crippen LogP contribution in [0.3, 0.4) is 0 Å². The Bertz CT molecular complexity index is 650. The highest BCUT2D eigenvalue weighted by Gasteiger charge is 2.16. The molecule has 0 saturated heterocycles. The van der Waals surface area contributed by atoms with E-state index in [2.05, 4.69) is 31.9 Å². The lowest BCUT2D eigenvalue weighted by Gasteiger charge is -2.15. The molecule has 0 radical (unpaired) electrons. The van der Waals surface area contributed by atoms with Crippen molar-refractivity contribution in [3.63, 3.8) is 0 Å². The molecule has 0 aromatic heterocycles. The van der Waals surface area contributed by atoms with Crippen molar-refractivity contribution < 1.29 is 10.2 Å².